The van der Waals surface area contributed by atoms with Gasteiger partial charge in [-0.25, -0.2) is 9.67 Å². The maximum atomic E-state index is 11.7. The quantitative estimate of drug-likeness (QED) is 0.944. The Bertz CT molecular complexity index is 568. The minimum absolute atomic E-state index is 0.0163. The lowest BCUT2D eigenvalue weighted by Crippen LogP contribution is -2.20. The van der Waals surface area contributed by atoms with E-state index in [9.17, 15) is 4.79 Å². The van der Waals surface area contributed by atoms with E-state index in [1.165, 1.54) is 10.9 Å². The zero-order valence-electron chi connectivity index (χ0n) is 8.77. The number of pyridine rings is 1. The Hall–Kier alpha value is -1.37. The van der Waals surface area contributed by atoms with Crippen molar-refractivity contribution in [1.29, 1.82) is 0 Å². The Labute approximate surface area is 117 Å². The van der Waals surface area contributed by atoms with E-state index < -0.39 is 0 Å². The molecule has 0 fully saturated rings. The molecule has 9 heteroatoms. The highest BCUT2D eigenvalue weighted by atomic mass is 35.5. The van der Waals surface area contributed by atoms with E-state index in [4.69, 9.17) is 34.8 Å². The van der Waals surface area contributed by atoms with E-state index in [2.05, 4.69) is 20.4 Å². The second-order valence-corrected chi connectivity index (χ2v) is 4.33. The fourth-order valence-electron chi connectivity index (χ4n) is 1.17. The molecule has 0 spiro atoms. The van der Waals surface area contributed by atoms with Crippen LogP contribution in [0.2, 0.25) is 15.6 Å². The van der Waals surface area contributed by atoms with Gasteiger partial charge in [0.15, 0.2) is 0 Å². The third kappa shape index (κ3) is 3.32. The standard InChI is InChI=1S/C9H6Cl3N5O/c10-5-1-2-6(13-3-5)14-7(18)4-17-9(12)15-8(11)16-17/h1-3H,4H2,(H,13,14,18). The minimum Gasteiger partial charge on any atom is -0.309 e. The van der Waals surface area contributed by atoms with Gasteiger partial charge in [0.25, 0.3) is 0 Å². The first-order valence-corrected chi connectivity index (χ1v) is 5.85. The van der Waals surface area contributed by atoms with Gasteiger partial charge in [0.05, 0.1) is 5.02 Å². The SMILES string of the molecule is O=C(Cn1nc(Cl)nc1Cl)Nc1ccc(Cl)cn1. The van der Waals surface area contributed by atoms with Crippen LogP contribution < -0.4 is 5.32 Å². The van der Waals surface area contributed by atoms with E-state index in [-0.39, 0.29) is 23.0 Å². The van der Waals surface area contributed by atoms with Gasteiger partial charge in [-0.05, 0) is 35.3 Å². The highest BCUT2D eigenvalue weighted by Gasteiger charge is 2.10. The summed E-state index contributed by atoms with van der Waals surface area (Å²) < 4.78 is 1.18. The van der Waals surface area contributed by atoms with Gasteiger partial charge in [-0.1, -0.05) is 11.6 Å². The Balaban J connectivity index is 2.01. The lowest BCUT2D eigenvalue weighted by molar-refractivity contribution is -0.116. The molecule has 0 saturated carbocycles. The van der Waals surface area contributed by atoms with Crippen LogP contribution in [0.25, 0.3) is 0 Å². The molecule has 1 amide bonds. The molecule has 0 aliphatic heterocycles. The molecule has 0 bridgehead atoms. The van der Waals surface area contributed by atoms with Crippen molar-refractivity contribution in [3.63, 3.8) is 0 Å². The van der Waals surface area contributed by atoms with Gasteiger partial charge in [0, 0.05) is 6.20 Å². The molecule has 1 N–H and O–H groups in total. The number of nitrogens with zero attached hydrogens (tertiary/aromatic N) is 4. The second-order valence-electron chi connectivity index (χ2n) is 3.22. The Kier molecular flexibility index (Phi) is 4.00. The first-order valence-electron chi connectivity index (χ1n) is 4.72. The summed E-state index contributed by atoms with van der Waals surface area (Å²) in [6.45, 7) is -0.108. The van der Waals surface area contributed by atoms with Crippen LogP contribution in [0, 0.1) is 0 Å². The molecule has 0 atom stereocenters. The number of nitrogens with one attached hydrogen (secondary N) is 1. The summed E-state index contributed by atoms with van der Waals surface area (Å²) in [6, 6.07) is 3.19. The van der Waals surface area contributed by atoms with Gasteiger partial charge in [-0.3, -0.25) is 4.79 Å². The lowest BCUT2D eigenvalue weighted by Gasteiger charge is -2.04. The van der Waals surface area contributed by atoms with Gasteiger partial charge in [0.1, 0.15) is 12.4 Å². The van der Waals surface area contributed by atoms with Gasteiger partial charge in [0.2, 0.25) is 16.5 Å². The first kappa shape index (κ1) is 13.1. The summed E-state index contributed by atoms with van der Waals surface area (Å²) in [7, 11) is 0. The van der Waals surface area contributed by atoms with Crippen LogP contribution in [0.4, 0.5) is 5.82 Å². The maximum absolute atomic E-state index is 11.7. The molecule has 0 aromatic carbocycles. The zero-order chi connectivity index (χ0) is 13.1. The minimum atomic E-state index is -0.353. The molecule has 2 aromatic heterocycles. The van der Waals surface area contributed by atoms with Crippen LogP contribution >= 0.6 is 34.8 Å². The molecule has 2 heterocycles. The summed E-state index contributed by atoms with van der Waals surface area (Å²) in [5, 5.41) is 6.81. The van der Waals surface area contributed by atoms with Gasteiger partial charge in [-0.15, -0.1) is 5.10 Å². The fourth-order valence-corrected chi connectivity index (χ4v) is 1.67. The summed E-state index contributed by atoms with van der Waals surface area (Å²) in [4.78, 5) is 19.2. The fraction of sp³-hybridized carbons (Fsp3) is 0.111. The van der Waals surface area contributed by atoms with Gasteiger partial charge in [-0.2, -0.15) is 4.98 Å². The van der Waals surface area contributed by atoms with Crippen molar-refractivity contribution >= 4 is 46.5 Å². The monoisotopic (exact) mass is 305 g/mol. The Morgan fingerprint density at radius 1 is 1.33 bits per heavy atom. The smallest absolute Gasteiger partial charge is 0.247 e. The zero-order valence-corrected chi connectivity index (χ0v) is 11.0. The summed E-state index contributed by atoms with van der Waals surface area (Å²) in [6.07, 6.45) is 1.43. The number of rotatable bonds is 3. The largest absolute Gasteiger partial charge is 0.309 e. The highest BCUT2D eigenvalue weighted by molar-refractivity contribution is 6.31. The number of carbonyl (C=O) groups excluding carboxylic acids is 1. The molecular weight excluding hydrogens is 300 g/mol. The molecule has 0 unspecified atom stereocenters. The van der Waals surface area contributed by atoms with Crippen molar-refractivity contribution in [3.05, 3.63) is 33.9 Å². The predicted molar refractivity (Wildman–Crippen MR) is 67.9 cm³/mol. The highest BCUT2D eigenvalue weighted by Crippen LogP contribution is 2.11. The van der Waals surface area contributed by atoms with Gasteiger partial charge >= 0.3 is 0 Å². The van der Waals surface area contributed by atoms with Crippen molar-refractivity contribution in [2.75, 3.05) is 5.32 Å². The molecule has 2 rings (SSSR count). The van der Waals surface area contributed by atoms with Crippen molar-refractivity contribution in [2.45, 2.75) is 6.54 Å². The number of anilines is 1. The predicted octanol–water partition coefficient (Wildman–Crippen LogP) is 2.27. The van der Waals surface area contributed by atoms with Crippen LogP contribution in [0.15, 0.2) is 18.3 Å². The number of hydrogen-bond donors (Lipinski definition) is 1. The van der Waals surface area contributed by atoms with Crippen molar-refractivity contribution in [2.24, 2.45) is 0 Å². The molecule has 0 radical (unpaired) electrons. The summed E-state index contributed by atoms with van der Waals surface area (Å²) in [5.41, 5.74) is 0. The van der Waals surface area contributed by atoms with E-state index >= 15 is 0 Å². The summed E-state index contributed by atoms with van der Waals surface area (Å²) >= 11 is 16.9. The number of aromatic nitrogens is 4. The average molecular weight is 307 g/mol. The molecule has 2 aromatic rings. The average Bonchev–Trinajstić information content (AvgIpc) is 2.61. The normalized spacial score (nSPS) is 10.4. The molecular formula is C9H6Cl3N5O. The Morgan fingerprint density at radius 3 is 2.67 bits per heavy atom. The van der Waals surface area contributed by atoms with Gasteiger partial charge < -0.3 is 5.32 Å². The molecule has 0 saturated heterocycles. The van der Waals surface area contributed by atoms with Crippen LogP contribution in [-0.2, 0) is 11.3 Å². The van der Waals surface area contributed by atoms with E-state index in [1.54, 1.807) is 12.1 Å². The number of hydrogen-bond acceptors (Lipinski definition) is 4. The molecule has 0 aliphatic rings. The van der Waals surface area contributed by atoms with Crippen LogP contribution in [-0.4, -0.2) is 25.7 Å². The van der Waals surface area contributed by atoms with E-state index in [0.29, 0.717) is 10.8 Å². The van der Waals surface area contributed by atoms with E-state index in [0.717, 1.165) is 0 Å². The first-order chi connectivity index (χ1) is 8.54. The summed E-state index contributed by atoms with van der Waals surface area (Å²) in [5.74, 6) is 0.0278. The lowest BCUT2D eigenvalue weighted by atomic mass is 10.4. The van der Waals surface area contributed by atoms with E-state index in [1.807, 2.05) is 0 Å². The third-order valence-electron chi connectivity index (χ3n) is 1.89. The van der Waals surface area contributed by atoms with Crippen LogP contribution in [0.1, 0.15) is 0 Å². The molecule has 94 valence electrons. The molecule has 18 heavy (non-hydrogen) atoms. The Morgan fingerprint density at radius 2 is 2.11 bits per heavy atom. The number of halogens is 3. The maximum Gasteiger partial charge on any atom is 0.247 e. The van der Waals surface area contributed by atoms with Crippen LogP contribution in [0.5, 0.6) is 0 Å². The topological polar surface area (TPSA) is 72.7 Å². The number of carbonyl (C=O) groups is 1. The van der Waals surface area contributed by atoms with Crippen molar-refractivity contribution in [3.8, 4) is 0 Å². The molecule has 0 aliphatic carbocycles. The third-order valence-corrected chi connectivity index (χ3v) is 2.55. The molecule has 6 nitrogen and oxygen atoms in total. The van der Waals surface area contributed by atoms with Crippen molar-refractivity contribution in [1.82, 2.24) is 19.7 Å². The van der Waals surface area contributed by atoms with Crippen molar-refractivity contribution < 1.29 is 4.79 Å². The second kappa shape index (κ2) is 5.51. The number of amides is 1. The van der Waals surface area contributed by atoms with Crippen LogP contribution in [0.3, 0.4) is 0 Å².